The van der Waals surface area contributed by atoms with Gasteiger partial charge in [0, 0.05) is 26.0 Å². The second kappa shape index (κ2) is 3.95. The van der Waals surface area contributed by atoms with Gasteiger partial charge in [0.2, 0.25) is 6.35 Å². The molecule has 3 rings (SSSR count). The van der Waals surface area contributed by atoms with Crippen molar-refractivity contribution in [2.45, 2.75) is 19.8 Å². The molecule has 7 heteroatoms. The highest BCUT2D eigenvalue weighted by molar-refractivity contribution is 5.84. The van der Waals surface area contributed by atoms with E-state index in [9.17, 15) is 5.11 Å². The molecule has 1 aliphatic heterocycles. The molecule has 0 saturated carbocycles. The molecule has 1 N–H and O–H groups in total. The van der Waals surface area contributed by atoms with Gasteiger partial charge < -0.3 is 14.6 Å². The van der Waals surface area contributed by atoms with Crippen molar-refractivity contribution in [3.63, 3.8) is 0 Å². The van der Waals surface area contributed by atoms with E-state index in [4.69, 9.17) is 0 Å². The molecule has 0 bridgehead atoms. The third-order valence-electron chi connectivity index (χ3n) is 3.04. The summed E-state index contributed by atoms with van der Waals surface area (Å²) in [6, 6.07) is 0. The molecule has 0 spiro atoms. The molecule has 1 aliphatic rings. The lowest BCUT2D eigenvalue weighted by atomic mass is 10.4. The van der Waals surface area contributed by atoms with Crippen molar-refractivity contribution in [1.82, 2.24) is 24.4 Å². The predicted octanol–water partition coefficient (Wildman–Crippen LogP) is 0.345. The first-order chi connectivity index (χ1) is 8.72. The Morgan fingerprint density at radius 2 is 2.11 bits per heavy atom. The lowest BCUT2D eigenvalue weighted by molar-refractivity contribution is 0.0725. The fourth-order valence-electron chi connectivity index (χ4n) is 2.00. The number of fused-ring (bicyclic) bond motifs is 1. The highest BCUT2D eigenvalue weighted by atomic mass is 16.3. The van der Waals surface area contributed by atoms with Crippen molar-refractivity contribution >= 4 is 17.0 Å². The van der Waals surface area contributed by atoms with E-state index in [1.54, 1.807) is 35.6 Å². The Balaban J connectivity index is 2.13. The fraction of sp³-hybridized carbons (Fsp3) is 0.364. The Morgan fingerprint density at radius 3 is 2.78 bits per heavy atom. The number of rotatable bonds is 2. The maximum Gasteiger partial charge on any atom is 0.212 e. The number of nitrogens with zero attached hydrogens (tertiary/aromatic N) is 6. The van der Waals surface area contributed by atoms with Gasteiger partial charge in [-0.2, -0.15) is 0 Å². The van der Waals surface area contributed by atoms with Crippen LogP contribution in [-0.4, -0.2) is 42.9 Å². The minimum Gasteiger partial charge on any atom is -0.356 e. The van der Waals surface area contributed by atoms with Crippen molar-refractivity contribution in [3.8, 4) is 0 Å². The van der Waals surface area contributed by atoms with E-state index in [0.717, 1.165) is 12.2 Å². The second-order valence-electron chi connectivity index (χ2n) is 4.12. The Morgan fingerprint density at radius 1 is 1.28 bits per heavy atom. The number of hydrogen-bond acceptors (Lipinski definition) is 6. The van der Waals surface area contributed by atoms with Crippen LogP contribution in [0.25, 0.3) is 11.2 Å². The van der Waals surface area contributed by atoms with Crippen molar-refractivity contribution in [3.05, 3.63) is 25.1 Å². The first kappa shape index (κ1) is 11.0. The lowest BCUT2D eigenvalue weighted by Crippen LogP contribution is -2.36. The molecule has 0 fully saturated rings. The Kier molecular flexibility index (Phi) is 2.41. The van der Waals surface area contributed by atoms with E-state index in [1.807, 2.05) is 11.5 Å². The van der Waals surface area contributed by atoms with Crippen molar-refractivity contribution in [2.75, 3.05) is 11.9 Å². The van der Waals surface area contributed by atoms with E-state index >= 15 is 0 Å². The Labute approximate surface area is 104 Å². The zero-order chi connectivity index (χ0) is 12.7. The van der Waals surface area contributed by atoms with Gasteiger partial charge in [-0.1, -0.05) is 0 Å². The first-order valence-corrected chi connectivity index (χ1v) is 5.75. The summed E-state index contributed by atoms with van der Waals surface area (Å²) in [5.74, 6) is 0.611. The minimum absolute atomic E-state index is 0.611. The van der Waals surface area contributed by atoms with E-state index in [1.165, 1.54) is 6.33 Å². The van der Waals surface area contributed by atoms with Gasteiger partial charge in [-0.15, -0.1) is 0 Å². The van der Waals surface area contributed by atoms with Gasteiger partial charge in [0.05, 0.1) is 6.33 Å². The maximum atomic E-state index is 10.0. The van der Waals surface area contributed by atoms with Crippen LogP contribution in [0.4, 0.5) is 5.82 Å². The maximum absolute atomic E-state index is 10.0. The molecule has 94 valence electrons. The first-order valence-electron chi connectivity index (χ1n) is 5.75. The SMILES string of the molecule is CCn1cnc2c(N3C=CN(C)C3O)ncnc21. The predicted molar refractivity (Wildman–Crippen MR) is 66.4 cm³/mol. The number of imidazole rings is 1. The van der Waals surface area contributed by atoms with Gasteiger partial charge in [-0.25, -0.2) is 15.0 Å². The summed E-state index contributed by atoms with van der Waals surface area (Å²) in [6.07, 6.45) is 6.03. The van der Waals surface area contributed by atoms with E-state index < -0.39 is 6.35 Å². The highest BCUT2D eigenvalue weighted by Gasteiger charge is 2.26. The molecule has 2 aromatic rings. The van der Waals surface area contributed by atoms with Crippen LogP contribution in [0.5, 0.6) is 0 Å². The standard InChI is InChI=1S/C11H14N6O/c1-3-16-7-14-8-9(16)12-6-13-10(8)17-5-4-15(2)11(17)18/h4-7,11,18H,3H2,1-2H3. The molecule has 3 heterocycles. The van der Waals surface area contributed by atoms with Crippen LogP contribution >= 0.6 is 0 Å². The largest absolute Gasteiger partial charge is 0.356 e. The van der Waals surface area contributed by atoms with Crippen molar-refractivity contribution in [2.24, 2.45) is 0 Å². The summed E-state index contributed by atoms with van der Waals surface area (Å²) >= 11 is 0. The summed E-state index contributed by atoms with van der Waals surface area (Å²) in [6.45, 7) is 2.83. The molecule has 0 aliphatic carbocycles. The van der Waals surface area contributed by atoms with Crippen LogP contribution in [-0.2, 0) is 6.54 Å². The third kappa shape index (κ3) is 1.44. The summed E-state index contributed by atoms with van der Waals surface area (Å²) in [4.78, 5) is 16.1. The molecule has 0 saturated heterocycles. The molecule has 2 aromatic heterocycles. The molecule has 7 nitrogen and oxygen atoms in total. The van der Waals surface area contributed by atoms with Crippen LogP contribution in [0.1, 0.15) is 6.92 Å². The topological polar surface area (TPSA) is 70.3 Å². The summed E-state index contributed by atoms with van der Waals surface area (Å²) in [7, 11) is 1.80. The van der Waals surface area contributed by atoms with Gasteiger partial charge in [0.25, 0.3) is 0 Å². The van der Waals surface area contributed by atoms with Gasteiger partial charge in [0.1, 0.15) is 6.33 Å². The summed E-state index contributed by atoms with van der Waals surface area (Å²) < 4.78 is 1.94. The van der Waals surface area contributed by atoms with Crippen molar-refractivity contribution in [1.29, 1.82) is 0 Å². The van der Waals surface area contributed by atoms with Crippen LogP contribution in [0.2, 0.25) is 0 Å². The van der Waals surface area contributed by atoms with Crippen LogP contribution in [0.3, 0.4) is 0 Å². The third-order valence-corrected chi connectivity index (χ3v) is 3.04. The number of aromatic nitrogens is 4. The van der Waals surface area contributed by atoms with E-state index in [-0.39, 0.29) is 0 Å². The molecule has 0 radical (unpaired) electrons. The average molecular weight is 246 g/mol. The lowest BCUT2D eigenvalue weighted by Gasteiger charge is -2.24. The van der Waals surface area contributed by atoms with Crippen molar-refractivity contribution < 1.29 is 5.11 Å². The van der Waals surface area contributed by atoms with Crippen LogP contribution in [0, 0.1) is 0 Å². The number of aryl methyl sites for hydroxylation is 1. The molecule has 0 aromatic carbocycles. The van der Waals surface area contributed by atoms with E-state index in [2.05, 4.69) is 15.0 Å². The smallest absolute Gasteiger partial charge is 0.212 e. The fourth-order valence-corrected chi connectivity index (χ4v) is 2.00. The van der Waals surface area contributed by atoms with Gasteiger partial charge in [-0.3, -0.25) is 4.90 Å². The summed E-state index contributed by atoms with van der Waals surface area (Å²) in [5.41, 5.74) is 1.47. The molecule has 1 atom stereocenters. The number of aliphatic hydroxyl groups is 1. The Hall–Kier alpha value is -2.15. The molecular weight excluding hydrogens is 232 g/mol. The molecular formula is C11H14N6O. The summed E-state index contributed by atoms with van der Waals surface area (Å²) in [5, 5.41) is 10.0. The second-order valence-corrected chi connectivity index (χ2v) is 4.12. The minimum atomic E-state index is -0.755. The highest BCUT2D eigenvalue weighted by Crippen LogP contribution is 2.26. The molecule has 18 heavy (non-hydrogen) atoms. The van der Waals surface area contributed by atoms with Crippen LogP contribution < -0.4 is 4.90 Å². The molecule has 1 unspecified atom stereocenters. The van der Waals surface area contributed by atoms with Crippen LogP contribution in [0.15, 0.2) is 25.1 Å². The molecule has 0 amide bonds. The zero-order valence-corrected chi connectivity index (χ0v) is 10.2. The quantitative estimate of drug-likeness (QED) is 0.824. The van der Waals surface area contributed by atoms with E-state index in [0.29, 0.717) is 11.3 Å². The van der Waals surface area contributed by atoms with Gasteiger partial charge in [-0.05, 0) is 6.92 Å². The Bertz CT molecular complexity index is 607. The monoisotopic (exact) mass is 246 g/mol. The van der Waals surface area contributed by atoms with Gasteiger partial charge in [0.15, 0.2) is 17.0 Å². The average Bonchev–Trinajstić information content (AvgIpc) is 2.94. The zero-order valence-electron chi connectivity index (χ0n) is 10.2. The number of anilines is 1. The van der Waals surface area contributed by atoms with Gasteiger partial charge >= 0.3 is 0 Å². The number of aliphatic hydroxyl groups excluding tert-OH is 1. The number of hydrogen-bond donors (Lipinski definition) is 1. The normalized spacial score (nSPS) is 19.2.